The molecule has 0 amide bonds. The molecule has 0 aromatic carbocycles. The van der Waals surface area contributed by atoms with Gasteiger partial charge in [-0.15, -0.1) is 16.4 Å². The molecule has 1 aliphatic rings. The Balaban J connectivity index is 1.57. The number of hydrogen-bond acceptors (Lipinski definition) is 6. The zero-order chi connectivity index (χ0) is 17.8. The minimum absolute atomic E-state index is 0.435. The van der Waals surface area contributed by atoms with Crippen LogP contribution in [0.2, 0.25) is 5.02 Å². The number of thiazole rings is 1. The van der Waals surface area contributed by atoms with Crippen molar-refractivity contribution in [2.75, 3.05) is 0 Å². The molecule has 1 N–H and O–H groups in total. The van der Waals surface area contributed by atoms with Crippen molar-refractivity contribution in [2.24, 2.45) is 0 Å². The third-order valence-corrected chi connectivity index (χ3v) is 6.91. The number of hydrogen-bond donors (Lipinski definition) is 1. The third-order valence-electron chi connectivity index (χ3n) is 4.37. The van der Waals surface area contributed by atoms with Crippen molar-refractivity contribution in [1.29, 1.82) is 0 Å². The van der Waals surface area contributed by atoms with E-state index in [9.17, 15) is 5.11 Å². The van der Waals surface area contributed by atoms with Crippen LogP contribution in [0.1, 0.15) is 41.1 Å². The summed E-state index contributed by atoms with van der Waals surface area (Å²) in [5.74, 6) is 0.966. The Morgan fingerprint density at radius 2 is 2.23 bits per heavy atom. The van der Waals surface area contributed by atoms with Crippen LogP contribution in [0.25, 0.3) is 10.6 Å². The van der Waals surface area contributed by atoms with Crippen LogP contribution >= 0.6 is 38.9 Å². The number of aliphatic hydroxyl groups excluding tert-OH is 1. The molecular formula is C16H12BrClN6OS. The van der Waals surface area contributed by atoms with Crippen LogP contribution in [0.4, 0.5) is 0 Å². The van der Waals surface area contributed by atoms with E-state index < -0.39 is 6.10 Å². The molecule has 7 nitrogen and oxygen atoms in total. The summed E-state index contributed by atoms with van der Waals surface area (Å²) in [4.78, 5) is 10.6. The molecule has 1 aliphatic carbocycles. The second kappa shape index (κ2) is 6.12. The van der Waals surface area contributed by atoms with E-state index in [1.165, 1.54) is 9.56 Å². The maximum atomic E-state index is 11.0. The molecule has 132 valence electrons. The van der Waals surface area contributed by atoms with Crippen LogP contribution in [0.15, 0.2) is 35.5 Å². The van der Waals surface area contributed by atoms with E-state index in [-0.39, 0.29) is 0 Å². The van der Waals surface area contributed by atoms with Crippen LogP contribution in [0, 0.1) is 0 Å². The van der Waals surface area contributed by atoms with Gasteiger partial charge in [0.05, 0.1) is 23.1 Å². The van der Waals surface area contributed by atoms with Gasteiger partial charge in [-0.05, 0) is 40.8 Å². The first-order chi connectivity index (χ1) is 12.6. The zero-order valence-corrected chi connectivity index (χ0v) is 16.4. The third kappa shape index (κ3) is 2.58. The van der Waals surface area contributed by atoms with E-state index in [2.05, 4.69) is 36.2 Å². The molecule has 5 rings (SSSR count). The van der Waals surface area contributed by atoms with Crippen molar-refractivity contribution in [3.63, 3.8) is 0 Å². The standard InChI is InChI=1S/C16H12BrClN6OS/c17-9-3-4-20-16(12(9)18)24-6-10(21-22-24)14(25)13-15(8-1-2-8)26-11-5-19-7-23(11)13/h3-8,14,25H,1-2H2. The van der Waals surface area contributed by atoms with Crippen molar-refractivity contribution in [3.8, 4) is 5.82 Å². The van der Waals surface area contributed by atoms with Gasteiger partial charge in [0.2, 0.25) is 0 Å². The van der Waals surface area contributed by atoms with Gasteiger partial charge in [0.25, 0.3) is 0 Å². The Hall–Kier alpha value is -1.81. The number of aliphatic hydroxyl groups is 1. The number of imidazole rings is 1. The van der Waals surface area contributed by atoms with Crippen molar-refractivity contribution in [1.82, 2.24) is 29.4 Å². The zero-order valence-electron chi connectivity index (χ0n) is 13.3. The molecular weight excluding hydrogens is 440 g/mol. The summed E-state index contributed by atoms with van der Waals surface area (Å²) in [6.07, 6.45) is 8.24. The Morgan fingerprint density at radius 1 is 1.38 bits per heavy atom. The summed E-state index contributed by atoms with van der Waals surface area (Å²) >= 11 is 11.3. The van der Waals surface area contributed by atoms with Gasteiger partial charge in [0.1, 0.15) is 23.0 Å². The van der Waals surface area contributed by atoms with Crippen molar-refractivity contribution in [2.45, 2.75) is 24.9 Å². The highest BCUT2D eigenvalue weighted by Crippen LogP contribution is 2.47. The molecule has 1 atom stereocenters. The molecule has 0 bridgehead atoms. The first-order valence-corrected chi connectivity index (χ1v) is 9.97. The summed E-state index contributed by atoms with van der Waals surface area (Å²) in [7, 11) is 0. The highest BCUT2D eigenvalue weighted by atomic mass is 79.9. The van der Waals surface area contributed by atoms with Gasteiger partial charge in [0.15, 0.2) is 5.82 Å². The summed E-state index contributed by atoms with van der Waals surface area (Å²) in [6, 6.07) is 1.75. The monoisotopic (exact) mass is 450 g/mol. The van der Waals surface area contributed by atoms with Crippen molar-refractivity contribution < 1.29 is 5.11 Å². The second-order valence-electron chi connectivity index (χ2n) is 6.15. The molecule has 1 saturated carbocycles. The fraction of sp³-hybridized carbons (Fsp3) is 0.250. The van der Waals surface area contributed by atoms with Crippen LogP contribution in [-0.4, -0.2) is 34.5 Å². The molecule has 10 heteroatoms. The minimum atomic E-state index is -0.895. The fourth-order valence-electron chi connectivity index (χ4n) is 2.94. The van der Waals surface area contributed by atoms with E-state index in [0.717, 1.165) is 27.8 Å². The predicted molar refractivity (Wildman–Crippen MR) is 101 cm³/mol. The van der Waals surface area contributed by atoms with Gasteiger partial charge < -0.3 is 5.11 Å². The largest absolute Gasteiger partial charge is 0.380 e. The van der Waals surface area contributed by atoms with E-state index in [1.807, 2.05) is 10.6 Å². The first kappa shape index (κ1) is 16.4. The molecule has 0 aliphatic heterocycles. The molecule has 1 fully saturated rings. The average molecular weight is 452 g/mol. The van der Waals surface area contributed by atoms with E-state index in [4.69, 9.17) is 11.6 Å². The van der Waals surface area contributed by atoms with Crippen LogP contribution in [0.3, 0.4) is 0 Å². The number of rotatable bonds is 4. The molecule has 1 unspecified atom stereocenters. The molecule has 26 heavy (non-hydrogen) atoms. The number of fused-ring (bicyclic) bond motifs is 1. The summed E-state index contributed by atoms with van der Waals surface area (Å²) in [6.45, 7) is 0. The normalized spacial score (nSPS) is 15.7. The van der Waals surface area contributed by atoms with Crippen molar-refractivity contribution >= 4 is 43.7 Å². The Morgan fingerprint density at radius 3 is 3.04 bits per heavy atom. The number of aromatic nitrogens is 6. The summed E-state index contributed by atoms with van der Waals surface area (Å²) in [5.41, 5.74) is 1.27. The van der Waals surface area contributed by atoms with Crippen molar-refractivity contribution in [3.05, 3.63) is 56.7 Å². The maximum absolute atomic E-state index is 11.0. The van der Waals surface area contributed by atoms with Crippen LogP contribution < -0.4 is 0 Å². The SMILES string of the molecule is OC(c1cn(-c2nccc(Br)c2Cl)nn1)c1c(C2CC2)sc2cncn12. The molecule has 0 saturated heterocycles. The van der Waals surface area contributed by atoms with E-state index in [1.54, 1.807) is 36.1 Å². The minimum Gasteiger partial charge on any atom is -0.380 e. The van der Waals surface area contributed by atoms with E-state index >= 15 is 0 Å². The summed E-state index contributed by atoms with van der Waals surface area (Å²) < 4.78 is 4.13. The number of halogens is 2. The highest BCUT2D eigenvalue weighted by molar-refractivity contribution is 9.10. The lowest BCUT2D eigenvalue weighted by molar-refractivity contribution is 0.208. The maximum Gasteiger partial charge on any atom is 0.175 e. The van der Waals surface area contributed by atoms with Crippen LogP contribution in [-0.2, 0) is 0 Å². The Bertz CT molecular complexity index is 1120. The molecule has 0 radical (unpaired) electrons. The molecule has 4 aromatic heterocycles. The van der Waals surface area contributed by atoms with Gasteiger partial charge in [-0.1, -0.05) is 16.8 Å². The lowest BCUT2D eigenvalue weighted by Gasteiger charge is -2.09. The average Bonchev–Trinajstić information content (AvgIpc) is 3.06. The summed E-state index contributed by atoms with van der Waals surface area (Å²) in [5, 5.41) is 19.7. The van der Waals surface area contributed by atoms with Crippen LogP contribution in [0.5, 0.6) is 0 Å². The molecule has 4 heterocycles. The predicted octanol–water partition coefficient (Wildman–Crippen LogP) is 3.75. The highest BCUT2D eigenvalue weighted by Gasteiger charge is 2.33. The molecule has 0 spiro atoms. The van der Waals surface area contributed by atoms with Gasteiger partial charge in [0, 0.05) is 15.5 Å². The lowest BCUT2D eigenvalue weighted by Crippen LogP contribution is -2.06. The smallest absolute Gasteiger partial charge is 0.175 e. The second-order valence-corrected chi connectivity index (χ2v) is 8.44. The first-order valence-electron chi connectivity index (χ1n) is 7.99. The fourth-order valence-corrected chi connectivity index (χ4v) is 4.74. The quantitative estimate of drug-likeness (QED) is 0.511. The number of nitrogens with zero attached hydrogens (tertiary/aromatic N) is 6. The van der Waals surface area contributed by atoms with E-state index in [0.29, 0.717) is 22.5 Å². The van der Waals surface area contributed by atoms with Gasteiger partial charge in [-0.2, -0.15) is 0 Å². The van der Waals surface area contributed by atoms with Gasteiger partial charge >= 0.3 is 0 Å². The number of pyridine rings is 1. The molecule has 4 aromatic rings. The topological polar surface area (TPSA) is 81.1 Å². The van der Waals surface area contributed by atoms with Gasteiger partial charge in [-0.3, -0.25) is 4.40 Å². The Kier molecular flexibility index (Phi) is 3.85. The van der Waals surface area contributed by atoms with Gasteiger partial charge in [-0.25, -0.2) is 14.6 Å². The lowest BCUT2D eigenvalue weighted by atomic mass is 10.1. The Labute approximate surface area is 165 Å².